The summed E-state index contributed by atoms with van der Waals surface area (Å²) in [5.74, 6) is 0.0292. The summed E-state index contributed by atoms with van der Waals surface area (Å²) in [5.41, 5.74) is 0.614. The Kier molecular flexibility index (Phi) is 6.98. The van der Waals surface area contributed by atoms with Crippen LogP contribution in [0.25, 0.3) is 0 Å². The SMILES string of the molecule is Cn1cc([C@H]2CC[C@H](Nc3cc(Cl)ncc3C(=O)NC[C@@H](F)C(C)(C)O)CC2)cn1. The van der Waals surface area contributed by atoms with Gasteiger partial charge in [0.05, 0.1) is 29.6 Å². The van der Waals surface area contributed by atoms with Crippen LogP contribution in [0.2, 0.25) is 5.15 Å². The Morgan fingerprint density at radius 1 is 1.37 bits per heavy atom. The first-order valence-corrected chi connectivity index (χ1v) is 10.6. The Hall–Kier alpha value is -2.19. The monoisotopic (exact) mass is 437 g/mol. The highest BCUT2D eigenvalue weighted by atomic mass is 35.5. The first-order valence-electron chi connectivity index (χ1n) is 10.2. The van der Waals surface area contributed by atoms with Gasteiger partial charge in [-0.1, -0.05) is 11.6 Å². The lowest BCUT2D eigenvalue weighted by Crippen LogP contribution is -2.42. The molecule has 0 aliphatic heterocycles. The topological polar surface area (TPSA) is 92.1 Å². The Balaban J connectivity index is 1.62. The highest BCUT2D eigenvalue weighted by Gasteiger charge is 2.28. The van der Waals surface area contributed by atoms with Gasteiger partial charge in [0.15, 0.2) is 0 Å². The summed E-state index contributed by atoms with van der Waals surface area (Å²) >= 11 is 6.05. The number of amides is 1. The van der Waals surface area contributed by atoms with Gasteiger partial charge in [-0.25, -0.2) is 9.37 Å². The number of aryl methyl sites for hydroxylation is 1. The summed E-state index contributed by atoms with van der Waals surface area (Å²) < 4.78 is 15.8. The molecule has 3 N–H and O–H groups in total. The van der Waals surface area contributed by atoms with Crippen LogP contribution in [0.1, 0.15) is 61.4 Å². The van der Waals surface area contributed by atoms with Crippen molar-refractivity contribution in [3.8, 4) is 0 Å². The molecule has 3 rings (SSSR count). The average Bonchev–Trinajstić information content (AvgIpc) is 3.12. The zero-order valence-corrected chi connectivity index (χ0v) is 18.3. The summed E-state index contributed by atoms with van der Waals surface area (Å²) in [4.78, 5) is 16.6. The molecule has 1 amide bonds. The lowest BCUT2D eigenvalue weighted by Gasteiger charge is -2.30. The van der Waals surface area contributed by atoms with Crippen molar-refractivity contribution in [1.82, 2.24) is 20.1 Å². The number of rotatable bonds is 7. The molecule has 164 valence electrons. The fraction of sp³-hybridized carbons (Fsp3) is 0.571. The first kappa shape index (κ1) is 22.5. The second-order valence-electron chi connectivity index (χ2n) is 8.52. The van der Waals surface area contributed by atoms with E-state index in [9.17, 15) is 14.3 Å². The molecule has 30 heavy (non-hydrogen) atoms. The van der Waals surface area contributed by atoms with Gasteiger partial charge in [-0.2, -0.15) is 5.10 Å². The third-order valence-corrected chi connectivity index (χ3v) is 5.81. The second-order valence-corrected chi connectivity index (χ2v) is 8.91. The molecule has 1 aliphatic rings. The lowest BCUT2D eigenvalue weighted by atomic mass is 9.83. The number of halogens is 2. The highest BCUT2D eigenvalue weighted by molar-refractivity contribution is 6.29. The molecule has 1 aliphatic carbocycles. The standard InChI is InChI=1S/C21H29ClFN5O2/c1-21(2,30)18(23)11-25-20(29)16-10-24-19(22)8-17(16)27-15-6-4-13(5-7-15)14-9-26-28(3)12-14/h8-10,12-13,15,18,30H,4-7,11H2,1-3H3,(H,24,27)(H,25,29)/t13-,15-,18-/m1/s1. The normalized spacial score (nSPS) is 20.6. The lowest BCUT2D eigenvalue weighted by molar-refractivity contribution is -0.00177. The largest absolute Gasteiger partial charge is 0.387 e. The fourth-order valence-corrected chi connectivity index (χ4v) is 3.86. The van der Waals surface area contributed by atoms with Crippen LogP contribution >= 0.6 is 11.6 Å². The maximum absolute atomic E-state index is 14.0. The van der Waals surface area contributed by atoms with E-state index in [0.29, 0.717) is 17.2 Å². The van der Waals surface area contributed by atoms with E-state index < -0.39 is 17.7 Å². The fourth-order valence-electron chi connectivity index (χ4n) is 3.70. The van der Waals surface area contributed by atoms with E-state index in [2.05, 4.69) is 26.9 Å². The van der Waals surface area contributed by atoms with E-state index in [1.165, 1.54) is 25.6 Å². The van der Waals surface area contributed by atoms with Crippen LogP contribution in [0.3, 0.4) is 0 Å². The highest BCUT2D eigenvalue weighted by Crippen LogP contribution is 2.34. The predicted octanol–water partition coefficient (Wildman–Crippen LogP) is 3.45. The number of aromatic nitrogens is 3. The minimum Gasteiger partial charge on any atom is -0.387 e. The second kappa shape index (κ2) is 9.31. The number of carbonyl (C=O) groups is 1. The van der Waals surface area contributed by atoms with Crippen molar-refractivity contribution in [3.05, 3.63) is 40.9 Å². The van der Waals surface area contributed by atoms with Gasteiger partial charge in [-0.05, 0) is 57.1 Å². The van der Waals surface area contributed by atoms with Gasteiger partial charge in [0.1, 0.15) is 11.3 Å². The molecular weight excluding hydrogens is 409 g/mol. The van der Waals surface area contributed by atoms with Crippen molar-refractivity contribution >= 4 is 23.2 Å². The van der Waals surface area contributed by atoms with Crippen LogP contribution in [0.15, 0.2) is 24.7 Å². The van der Waals surface area contributed by atoms with Gasteiger partial charge < -0.3 is 15.7 Å². The zero-order valence-electron chi connectivity index (χ0n) is 17.5. The summed E-state index contributed by atoms with van der Waals surface area (Å²) in [6.07, 6.45) is 7.75. The molecule has 0 saturated heterocycles. The first-order chi connectivity index (χ1) is 14.1. The van der Waals surface area contributed by atoms with E-state index in [1.54, 1.807) is 6.07 Å². The number of aliphatic hydroxyl groups is 1. The number of alkyl halides is 1. The molecule has 1 saturated carbocycles. The Morgan fingerprint density at radius 2 is 2.07 bits per heavy atom. The number of nitrogens with zero attached hydrogens (tertiary/aromatic N) is 3. The van der Waals surface area contributed by atoms with Crippen molar-refractivity contribution in [2.45, 2.75) is 63.3 Å². The maximum atomic E-state index is 14.0. The summed E-state index contributed by atoms with van der Waals surface area (Å²) in [6, 6.07) is 1.82. The van der Waals surface area contributed by atoms with Crippen LogP contribution in [0.5, 0.6) is 0 Å². The van der Waals surface area contributed by atoms with Gasteiger partial charge in [0.2, 0.25) is 0 Å². The molecule has 0 unspecified atom stereocenters. The van der Waals surface area contributed by atoms with Crippen molar-refractivity contribution in [2.75, 3.05) is 11.9 Å². The third kappa shape index (κ3) is 5.70. The minimum atomic E-state index is -1.58. The number of nitrogens with one attached hydrogen (secondary N) is 2. The smallest absolute Gasteiger partial charge is 0.255 e. The van der Waals surface area contributed by atoms with E-state index in [4.69, 9.17) is 11.6 Å². The van der Waals surface area contributed by atoms with Gasteiger partial charge in [-0.3, -0.25) is 9.48 Å². The summed E-state index contributed by atoms with van der Waals surface area (Å²) in [6.45, 7) is 2.44. The number of carbonyl (C=O) groups excluding carboxylic acids is 1. The quantitative estimate of drug-likeness (QED) is 0.577. The van der Waals surface area contributed by atoms with E-state index in [1.807, 2.05) is 17.9 Å². The van der Waals surface area contributed by atoms with E-state index in [0.717, 1.165) is 25.7 Å². The van der Waals surface area contributed by atoms with Crippen LogP contribution in [0, 0.1) is 0 Å². The Morgan fingerprint density at radius 3 is 2.67 bits per heavy atom. The molecular formula is C21H29ClFN5O2. The Labute approximate surface area is 181 Å². The molecule has 0 radical (unpaired) electrons. The zero-order chi connectivity index (χ0) is 21.9. The van der Waals surface area contributed by atoms with Gasteiger partial charge in [-0.15, -0.1) is 0 Å². The van der Waals surface area contributed by atoms with Gasteiger partial charge in [0, 0.05) is 25.5 Å². The number of pyridine rings is 1. The molecule has 1 fully saturated rings. The number of hydrogen-bond acceptors (Lipinski definition) is 5. The van der Waals surface area contributed by atoms with E-state index >= 15 is 0 Å². The molecule has 2 heterocycles. The van der Waals surface area contributed by atoms with Gasteiger partial charge >= 0.3 is 0 Å². The Bertz CT molecular complexity index is 875. The molecule has 0 spiro atoms. The molecule has 0 aromatic carbocycles. The number of hydrogen-bond donors (Lipinski definition) is 3. The molecule has 0 bridgehead atoms. The maximum Gasteiger partial charge on any atom is 0.255 e. The van der Waals surface area contributed by atoms with E-state index in [-0.39, 0.29) is 17.7 Å². The van der Waals surface area contributed by atoms with Crippen LogP contribution in [-0.4, -0.2) is 50.1 Å². The molecule has 9 heteroatoms. The number of anilines is 1. The van der Waals surface area contributed by atoms with Crippen molar-refractivity contribution in [1.29, 1.82) is 0 Å². The van der Waals surface area contributed by atoms with Crippen LogP contribution in [-0.2, 0) is 7.05 Å². The summed E-state index contributed by atoms with van der Waals surface area (Å²) in [7, 11) is 1.92. The molecule has 2 aromatic heterocycles. The van der Waals surface area contributed by atoms with Crippen molar-refractivity contribution < 1.29 is 14.3 Å². The van der Waals surface area contributed by atoms with Crippen molar-refractivity contribution in [2.24, 2.45) is 7.05 Å². The minimum absolute atomic E-state index is 0.202. The van der Waals surface area contributed by atoms with Crippen LogP contribution < -0.4 is 10.6 Å². The molecule has 2 aromatic rings. The predicted molar refractivity (Wildman–Crippen MR) is 115 cm³/mol. The molecule has 7 nitrogen and oxygen atoms in total. The van der Waals surface area contributed by atoms with Crippen molar-refractivity contribution in [3.63, 3.8) is 0 Å². The average molecular weight is 438 g/mol. The molecule has 1 atom stereocenters. The van der Waals surface area contributed by atoms with Gasteiger partial charge in [0.25, 0.3) is 5.91 Å². The van der Waals surface area contributed by atoms with Crippen LogP contribution in [0.4, 0.5) is 10.1 Å². The summed E-state index contributed by atoms with van der Waals surface area (Å²) in [5, 5.41) is 20.2. The third-order valence-electron chi connectivity index (χ3n) is 5.61.